The predicted octanol–water partition coefficient (Wildman–Crippen LogP) is 8.06. The first-order valence-electron chi connectivity index (χ1n) is 17.6. The third-order valence-corrected chi connectivity index (χ3v) is 9.77. The van der Waals surface area contributed by atoms with Gasteiger partial charge in [-0.25, -0.2) is 14.5 Å². The molecule has 1 aromatic heterocycles. The minimum absolute atomic E-state index is 0.180. The van der Waals surface area contributed by atoms with E-state index < -0.39 is 23.5 Å². The number of aliphatic hydroxyl groups excluding tert-OH is 2. The number of anilines is 1. The minimum atomic E-state index is -0.814. The van der Waals surface area contributed by atoms with E-state index in [1.165, 1.54) is 26.0 Å². The smallest absolute Gasteiger partial charge is 0.417 e. The molecule has 0 radical (unpaired) electrons. The van der Waals surface area contributed by atoms with E-state index in [0.29, 0.717) is 28.9 Å². The van der Waals surface area contributed by atoms with Crippen molar-refractivity contribution in [2.45, 2.75) is 91.0 Å². The van der Waals surface area contributed by atoms with Crippen molar-refractivity contribution in [2.24, 2.45) is 5.41 Å². The molecule has 2 fully saturated rings. The Morgan fingerprint density at radius 1 is 0.922 bits per heavy atom. The van der Waals surface area contributed by atoms with Crippen molar-refractivity contribution < 1.29 is 38.5 Å². The van der Waals surface area contributed by atoms with Crippen LogP contribution in [-0.2, 0) is 14.2 Å². The lowest BCUT2D eigenvalue weighted by Gasteiger charge is -2.38. The molecule has 1 amide bonds. The Morgan fingerprint density at radius 3 is 2.20 bits per heavy atom. The zero-order valence-electron chi connectivity index (χ0n) is 30.3. The predicted molar refractivity (Wildman–Crippen MR) is 192 cm³/mol. The summed E-state index contributed by atoms with van der Waals surface area (Å²) in [7, 11) is 1.27. The van der Waals surface area contributed by atoms with Crippen LogP contribution >= 0.6 is 0 Å². The third kappa shape index (κ3) is 8.39. The van der Waals surface area contributed by atoms with Gasteiger partial charge in [0.15, 0.2) is 5.88 Å². The van der Waals surface area contributed by atoms with E-state index in [1.807, 2.05) is 24.3 Å². The Kier molecular flexibility index (Phi) is 10.2. The van der Waals surface area contributed by atoms with Crippen LogP contribution in [0.4, 0.5) is 10.8 Å². The molecule has 272 valence electrons. The second-order valence-corrected chi connectivity index (χ2v) is 15.3. The van der Waals surface area contributed by atoms with Crippen LogP contribution < -0.4 is 4.90 Å². The van der Waals surface area contributed by atoms with Gasteiger partial charge in [-0.3, -0.25) is 0 Å². The first-order valence-corrected chi connectivity index (χ1v) is 17.6. The molecular weight excluding hydrogens is 652 g/mol. The number of amides is 1. The zero-order chi connectivity index (χ0) is 36.5. The molecule has 0 unspecified atom stereocenters. The van der Waals surface area contributed by atoms with Gasteiger partial charge in [-0.05, 0) is 88.0 Å². The summed E-state index contributed by atoms with van der Waals surface area (Å²) in [4.78, 5) is 33.1. The van der Waals surface area contributed by atoms with Gasteiger partial charge in [-0.2, -0.15) is 4.98 Å². The Labute approximate surface area is 298 Å². The SMILES string of the molecule is COC(=O)c1ccc(-c2ccc(-c3noc(N4CCC(OC5CCC(C)(C)CC5)CC4)n3)cc2)cc1C1=C(O)CN(C(=O)OC(C)(C)C)C(O)=C1. The number of methoxy groups -OCH3 is 1. The fourth-order valence-electron chi connectivity index (χ4n) is 6.79. The number of carbonyl (C=O) groups is 2. The van der Waals surface area contributed by atoms with Crippen LogP contribution in [0.5, 0.6) is 0 Å². The molecule has 1 saturated carbocycles. The van der Waals surface area contributed by atoms with E-state index in [1.54, 1.807) is 39.0 Å². The topological polar surface area (TPSA) is 148 Å². The number of aliphatic hydroxyl groups is 2. The molecule has 2 N–H and O–H groups in total. The minimum Gasteiger partial charge on any atom is -0.510 e. The van der Waals surface area contributed by atoms with Crippen molar-refractivity contribution in [3.63, 3.8) is 0 Å². The number of hydrogen-bond acceptors (Lipinski definition) is 11. The standard InChI is InChI=1S/C39H48N4O8/c1-38(2,3)50-37(47)43-23-32(44)31(22-33(43)45)30-21-26(11-12-29(30)35(46)48-6)24-7-9-25(10-8-24)34-40-36(51-41-34)42-19-15-28(16-20-42)49-27-13-17-39(4,5)18-14-27/h7-12,21-22,27-28,44-45H,13-20,23H2,1-6H3. The van der Waals surface area contributed by atoms with E-state index in [0.717, 1.165) is 60.4 Å². The highest BCUT2D eigenvalue weighted by Gasteiger charge is 2.32. The molecule has 3 aromatic rings. The van der Waals surface area contributed by atoms with Crippen LogP contribution in [0.3, 0.4) is 0 Å². The first kappa shape index (κ1) is 36.0. The Morgan fingerprint density at radius 2 is 1.55 bits per heavy atom. The second kappa shape index (κ2) is 14.4. The number of allylic oxidation sites excluding steroid dienone is 2. The molecule has 12 heteroatoms. The maximum Gasteiger partial charge on any atom is 0.417 e. The molecule has 51 heavy (non-hydrogen) atoms. The average Bonchev–Trinajstić information content (AvgIpc) is 3.59. The third-order valence-electron chi connectivity index (χ3n) is 9.77. The summed E-state index contributed by atoms with van der Waals surface area (Å²) >= 11 is 0. The van der Waals surface area contributed by atoms with Gasteiger partial charge in [-0.1, -0.05) is 49.3 Å². The second-order valence-electron chi connectivity index (χ2n) is 15.3. The lowest BCUT2D eigenvalue weighted by atomic mass is 9.76. The molecule has 1 aliphatic carbocycles. The first-order chi connectivity index (χ1) is 24.2. The van der Waals surface area contributed by atoms with Crippen LogP contribution in [0, 0.1) is 5.41 Å². The number of ether oxygens (including phenoxy) is 3. The number of aromatic nitrogens is 2. The summed E-state index contributed by atoms with van der Waals surface area (Å²) in [6, 6.07) is 13.2. The van der Waals surface area contributed by atoms with Gasteiger partial charge in [-0.15, -0.1) is 0 Å². The highest BCUT2D eigenvalue weighted by molar-refractivity contribution is 5.98. The normalized spacial score (nSPS) is 18.8. The summed E-state index contributed by atoms with van der Waals surface area (Å²) in [6.45, 7) is 11.0. The lowest BCUT2D eigenvalue weighted by Crippen LogP contribution is -2.39. The highest BCUT2D eigenvalue weighted by atomic mass is 16.6. The molecule has 12 nitrogen and oxygen atoms in total. The van der Waals surface area contributed by atoms with Gasteiger partial charge in [0, 0.05) is 35.9 Å². The van der Waals surface area contributed by atoms with Gasteiger partial charge in [0.1, 0.15) is 11.4 Å². The monoisotopic (exact) mass is 700 g/mol. The number of piperidine rings is 1. The summed E-state index contributed by atoms with van der Waals surface area (Å²) in [5.41, 5.74) is 2.66. The van der Waals surface area contributed by atoms with E-state index in [9.17, 15) is 19.8 Å². The highest BCUT2D eigenvalue weighted by Crippen LogP contribution is 2.38. The molecule has 2 aliphatic heterocycles. The van der Waals surface area contributed by atoms with E-state index in [4.69, 9.17) is 18.7 Å². The molecule has 6 rings (SSSR count). The summed E-state index contributed by atoms with van der Waals surface area (Å²) in [5, 5.41) is 26.1. The van der Waals surface area contributed by atoms with Crippen molar-refractivity contribution in [2.75, 3.05) is 31.6 Å². The lowest BCUT2D eigenvalue weighted by molar-refractivity contribution is -0.0538. The molecule has 3 aliphatic rings. The van der Waals surface area contributed by atoms with Crippen molar-refractivity contribution in [3.05, 3.63) is 71.3 Å². The van der Waals surface area contributed by atoms with Gasteiger partial charge < -0.3 is 33.8 Å². The number of carbonyl (C=O) groups excluding carboxylic acids is 2. The van der Waals surface area contributed by atoms with Gasteiger partial charge in [0.2, 0.25) is 5.82 Å². The number of rotatable bonds is 7. The van der Waals surface area contributed by atoms with Crippen molar-refractivity contribution >= 4 is 23.7 Å². The van der Waals surface area contributed by atoms with Crippen LogP contribution in [0.25, 0.3) is 28.1 Å². The van der Waals surface area contributed by atoms with Crippen LogP contribution in [0.2, 0.25) is 0 Å². The molecule has 0 atom stereocenters. The summed E-state index contributed by atoms with van der Waals surface area (Å²) < 4.78 is 22.5. The van der Waals surface area contributed by atoms with Crippen molar-refractivity contribution in [1.82, 2.24) is 15.0 Å². The Bertz CT molecular complexity index is 1800. The fraction of sp³-hybridized carbons (Fsp3) is 0.487. The van der Waals surface area contributed by atoms with Crippen molar-refractivity contribution in [1.29, 1.82) is 0 Å². The van der Waals surface area contributed by atoms with Crippen LogP contribution in [0.15, 0.2) is 64.7 Å². The largest absolute Gasteiger partial charge is 0.510 e. The number of nitrogens with zero attached hydrogens (tertiary/aromatic N) is 4. The molecule has 0 bridgehead atoms. The van der Waals surface area contributed by atoms with E-state index in [-0.39, 0.29) is 29.5 Å². The Balaban J connectivity index is 1.14. The van der Waals surface area contributed by atoms with E-state index >= 15 is 0 Å². The van der Waals surface area contributed by atoms with Gasteiger partial charge >= 0.3 is 18.1 Å². The quantitative estimate of drug-likeness (QED) is 0.231. The summed E-state index contributed by atoms with van der Waals surface area (Å²) in [5.74, 6) is -0.792. The van der Waals surface area contributed by atoms with Gasteiger partial charge in [0.25, 0.3) is 0 Å². The average molecular weight is 701 g/mol. The number of benzene rings is 2. The Hall–Kier alpha value is -4.84. The van der Waals surface area contributed by atoms with Crippen LogP contribution in [-0.4, -0.2) is 81.9 Å². The molecule has 0 spiro atoms. The zero-order valence-corrected chi connectivity index (χ0v) is 30.3. The molecular formula is C39H48N4O8. The molecule has 1 saturated heterocycles. The molecule has 3 heterocycles. The maximum absolute atomic E-state index is 12.7. The molecule has 2 aromatic carbocycles. The van der Waals surface area contributed by atoms with Crippen LogP contribution in [0.1, 0.15) is 89.1 Å². The van der Waals surface area contributed by atoms with Gasteiger partial charge in [0.05, 0.1) is 31.4 Å². The number of esters is 1. The number of hydrogen-bond donors (Lipinski definition) is 2. The van der Waals surface area contributed by atoms with E-state index in [2.05, 4.69) is 28.9 Å². The van der Waals surface area contributed by atoms with Crippen molar-refractivity contribution in [3.8, 4) is 22.5 Å². The summed E-state index contributed by atoms with van der Waals surface area (Å²) in [6.07, 6.45) is 7.61. The fourth-order valence-corrected chi connectivity index (χ4v) is 6.79. The maximum atomic E-state index is 12.7.